The van der Waals surface area contributed by atoms with E-state index in [1.54, 1.807) is 12.1 Å². The van der Waals surface area contributed by atoms with Crippen LogP contribution in [-0.4, -0.2) is 0 Å². The molecule has 1 aromatic heterocycles. The van der Waals surface area contributed by atoms with Gasteiger partial charge >= 0.3 is 0 Å². The molecule has 0 aliphatic rings. The lowest BCUT2D eigenvalue weighted by Gasteiger charge is -2.25. The van der Waals surface area contributed by atoms with Gasteiger partial charge in [0.05, 0.1) is 18.8 Å². The number of hydrogen-bond donors (Lipinski definition) is 0. The van der Waals surface area contributed by atoms with Gasteiger partial charge in [-0.2, -0.15) is 0 Å². The van der Waals surface area contributed by atoms with E-state index in [4.69, 9.17) is 17.6 Å². The molecular weight excluding hydrogens is 442 g/mol. The van der Waals surface area contributed by atoms with Crippen LogP contribution < -0.4 is 4.90 Å². The number of hydrogen-bond acceptors (Lipinski definition) is 2. The van der Waals surface area contributed by atoms with Crippen LogP contribution in [0, 0.1) is 13.1 Å². The number of furan rings is 1. The second-order valence-corrected chi connectivity index (χ2v) is 8.40. The molecule has 0 fully saturated rings. The van der Waals surface area contributed by atoms with Crippen LogP contribution in [0.3, 0.4) is 0 Å². The molecule has 36 heavy (non-hydrogen) atoms. The molecule has 0 radical (unpaired) electrons. The van der Waals surface area contributed by atoms with Crippen LogP contribution in [0.2, 0.25) is 0 Å². The lowest BCUT2D eigenvalue weighted by Crippen LogP contribution is -2.10. The molecular formula is C32H19N3O. The molecule has 168 valence electrons. The summed E-state index contributed by atoms with van der Waals surface area (Å²) in [5, 5.41) is 2.17. The van der Waals surface area contributed by atoms with Crippen molar-refractivity contribution in [3.8, 4) is 11.1 Å². The van der Waals surface area contributed by atoms with Crippen molar-refractivity contribution in [1.82, 2.24) is 0 Å². The van der Waals surface area contributed by atoms with E-state index in [0.29, 0.717) is 11.4 Å². The molecule has 0 saturated carbocycles. The summed E-state index contributed by atoms with van der Waals surface area (Å²) in [5.41, 5.74) is 7.30. The Bertz CT molecular complexity index is 1800. The molecule has 0 aliphatic heterocycles. The number of nitrogens with zero attached hydrogens (tertiary/aromatic N) is 3. The molecule has 6 rings (SSSR count). The van der Waals surface area contributed by atoms with Crippen LogP contribution in [0.15, 0.2) is 120 Å². The predicted molar refractivity (Wildman–Crippen MR) is 146 cm³/mol. The second kappa shape index (κ2) is 8.80. The Morgan fingerprint density at radius 1 is 0.556 bits per heavy atom. The van der Waals surface area contributed by atoms with Crippen molar-refractivity contribution >= 4 is 50.4 Å². The Labute approximate surface area is 208 Å². The Hall–Kier alpha value is -5.32. The van der Waals surface area contributed by atoms with E-state index in [9.17, 15) is 0 Å². The molecule has 0 unspecified atom stereocenters. The highest BCUT2D eigenvalue weighted by atomic mass is 16.3. The van der Waals surface area contributed by atoms with Crippen molar-refractivity contribution < 1.29 is 4.42 Å². The van der Waals surface area contributed by atoms with E-state index in [0.717, 1.165) is 50.1 Å². The smallest absolute Gasteiger partial charge is 0.195 e. The summed E-state index contributed by atoms with van der Waals surface area (Å²) in [6.45, 7) is 14.7. The quantitative estimate of drug-likeness (QED) is 0.244. The molecule has 0 atom stereocenters. The first kappa shape index (κ1) is 21.2. The summed E-state index contributed by atoms with van der Waals surface area (Å²) in [6.07, 6.45) is 0. The standard InChI is InChI=1S/C32H19N3O/c1-33-28-20-17-23(21-29(28)34-2)22-15-18-25(19-16-22)35(24-9-4-3-5-10-24)30-13-8-12-27-26-11-6-7-14-31(26)36-32(27)30/h3-21H. The van der Waals surface area contributed by atoms with E-state index in [-0.39, 0.29) is 0 Å². The van der Waals surface area contributed by atoms with Gasteiger partial charge in [-0.05, 0) is 47.5 Å². The summed E-state index contributed by atoms with van der Waals surface area (Å²) in [5.74, 6) is 0. The number of para-hydroxylation sites is 3. The van der Waals surface area contributed by atoms with E-state index in [1.807, 2.05) is 54.6 Å². The zero-order chi connectivity index (χ0) is 24.5. The van der Waals surface area contributed by atoms with Crippen molar-refractivity contribution in [1.29, 1.82) is 0 Å². The minimum absolute atomic E-state index is 0.369. The van der Waals surface area contributed by atoms with Crippen molar-refractivity contribution in [2.45, 2.75) is 0 Å². The molecule has 4 heteroatoms. The largest absolute Gasteiger partial charge is 0.454 e. The van der Waals surface area contributed by atoms with Crippen molar-refractivity contribution in [2.75, 3.05) is 4.90 Å². The van der Waals surface area contributed by atoms with Gasteiger partial charge in [0.25, 0.3) is 0 Å². The van der Waals surface area contributed by atoms with E-state index in [2.05, 4.69) is 63.1 Å². The lowest BCUT2D eigenvalue weighted by molar-refractivity contribution is 0.669. The normalized spacial score (nSPS) is 10.7. The van der Waals surface area contributed by atoms with E-state index < -0.39 is 0 Å². The third-order valence-corrected chi connectivity index (χ3v) is 6.31. The Kier molecular flexibility index (Phi) is 5.19. The summed E-state index contributed by atoms with van der Waals surface area (Å²) < 4.78 is 6.35. The van der Waals surface area contributed by atoms with Crippen LogP contribution >= 0.6 is 0 Å². The average Bonchev–Trinajstić information content (AvgIpc) is 3.33. The number of fused-ring (bicyclic) bond motifs is 3. The van der Waals surface area contributed by atoms with Crippen LogP contribution in [-0.2, 0) is 0 Å². The maximum atomic E-state index is 7.40. The van der Waals surface area contributed by atoms with Crippen LogP contribution in [0.5, 0.6) is 0 Å². The highest BCUT2D eigenvalue weighted by molar-refractivity contribution is 6.10. The molecule has 0 N–H and O–H groups in total. The predicted octanol–water partition coefficient (Wildman–Crippen LogP) is 9.82. The molecule has 0 bridgehead atoms. The Morgan fingerprint density at radius 3 is 2.00 bits per heavy atom. The second-order valence-electron chi connectivity index (χ2n) is 8.40. The first-order chi connectivity index (χ1) is 17.8. The first-order valence-electron chi connectivity index (χ1n) is 11.5. The first-order valence-corrected chi connectivity index (χ1v) is 11.5. The van der Waals surface area contributed by atoms with E-state index >= 15 is 0 Å². The van der Waals surface area contributed by atoms with Gasteiger partial charge in [-0.15, -0.1) is 0 Å². The van der Waals surface area contributed by atoms with E-state index in [1.165, 1.54) is 0 Å². The van der Waals surface area contributed by atoms with Gasteiger partial charge in [0.1, 0.15) is 5.58 Å². The third kappa shape index (κ3) is 3.55. The molecule has 0 spiro atoms. The minimum Gasteiger partial charge on any atom is -0.454 e. The van der Waals surface area contributed by atoms with Crippen molar-refractivity contribution in [3.05, 3.63) is 138 Å². The van der Waals surface area contributed by atoms with Gasteiger partial charge in [-0.25, -0.2) is 0 Å². The maximum Gasteiger partial charge on any atom is 0.195 e. The zero-order valence-corrected chi connectivity index (χ0v) is 19.2. The number of anilines is 3. The average molecular weight is 462 g/mol. The highest BCUT2D eigenvalue weighted by Gasteiger charge is 2.19. The summed E-state index contributed by atoms with van der Waals surface area (Å²) >= 11 is 0. The SMILES string of the molecule is [C-]#[N+]c1ccc(-c2ccc(N(c3ccccc3)c3cccc4c3oc3ccccc34)cc2)cc1[N+]#[C-]. The zero-order valence-electron chi connectivity index (χ0n) is 19.2. The fraction of sp³-hybridized carbons (Fsp3) is 0. The fourth-order valence-corrected chi connectivity index (χ4v) is 4.60. The highest BCUT2D eigenvalue weighted by Crippen LogP contribution is 2.42. The lowest BCUT2D eigenvalue weighted by atomic mass is 10.0. The van der Waals surface area contributed by atoms with Gasteiger partial charge in [-0.3, -0.25) is 9.69 Å². The molecule has 0 aliphatic carbocycles. The topological polar surface area (TPSA) is 25.1 Å². The van der Waals surface area contributed by atoms with Crippen molar-refractivity contribution in [2.24, 2.45) is 0 Å². The van der Waals surface area contributed by atoms with Gasteiger partial charge in [0, 0.05) is 22.1 Å². The molecule has 5 aromatic carbocycles. The van der Waals surface area contributed by atoms with Crippen molar-refractivity contribution in [3.63, 3.8) is 0 Å². The molecule has 4 nitrogen and oxygen atoms in total. The van der Waals surface area contributed by atoms with Crippen LogP contribution in [0.25, 0.3) is 42.8 Å². The number of rotatable bonds is 4. The van der Waals surface area contributed by atoms with Gasteiger partial charge in [-0.1, -0.05) is 78.9 Å². The van der Waals surface area contributed by atoms with Gasteiger partial charge in [0.15, 0.2) is 17.0 Å². The maximum absolute atomic E-state index is 7.40. The third-order valence-electron chi connectivity index (χ3n) is 6.31. The van der Waals surface area contributed by atoms with Crippen LogP contribution in [0.1, 0.15) is 0 Å². The molecule has 0 amide bonds. The molecule has 6 aromatic rings. The number of benzene rings is 5. The summed E-state index contributed by atoms with van der Waals surface area (Å²) in [6, 6.07) is 38.2. The Morgan fingerprint density at radius 2 is 1.22 bits per heavy atom. The summed E-state index contributed by atoms with van der Waals surface area (Å²) in [7, 11) is 0. The monoisotopic (exact) mass is 461 g/mol. The Balaban J connectivity index is 1.49. The van der Waals surface area contributed by atoms with Gasteiger partial charge in [0.2, 0.25) is 0 Å². The molecule has 1 heterocycles. The van der Waals surface area contributed by atoms with Gasteiger partial charge < -0.3 is 9.32 Å². The fourth-order valence-electron chi connectivity index (χ4n) is 4.60. The molecule has 0 saturated heterocycles. The summed E-state index contributed by atoms with van der Waals surface area (Å²) in [4.78, 5) is 9.15. The minimum atomic E-state index is 0.369. The van der Waals surface area contributed by atoms with Crippen LogP contribution in [0.4, 0.5) is 28.4 Å².